The monoisotopic (exact) mass is 610 g/mol. The molecule has 0 saturated heterocycles. The molecule has 2 N–H and O–H groups in total. The number of nitrogens with one attached hydrogen (secondary N) is 2. The Morgan fingerprint density at radius 3 is 2.09 bits per heavy atom. The van der Waals surface area contributed by atoms with E-state index in [2.05, 4.69) is 16.2 Å². The molecule has 2 aromatic carbocycles. The van der Waals surface area contributed by atoms with Crippen LogP contribution in [0.15, 0.2) is 44.7 Å². The first kappa shape index (κ1) is 31.9. The Balaban J connectivity index is 1.98. The third-order valence-corrected chi connectivity index (χ3v) is 6.12. The first-order valence-corrected chi connectivity index (χ1v) is 12.9. The highest BCUT2D eigenvalue weighted by Crippen LogP contribution is 2.38. The van der Waals surface area contributed by atoms with Gasteiger partial charge in [-0.15, -0.1) is 6.42 Å². The third-order valence-electron chi connectivity index (χ3n) is 6.12. The minimum atomic E-state index is -0.748. The fourth-order valence-electron chi connectivity index (χ4n) is 4.26. The van der Waals surface area contributed by atoms with E-state index in [4.69, 9.17) is 48.7 Å². The Hall–Kier alpha value is -5.07. The SMILES string of the molecule is C#CCNC(=O)c1c(OCOC)c(OCOC)cc2occ(-c3c[nH]c4cc(OCOC)c(OCOC)cc4c3=O)c(=O)c12. The second-order valence-electron chi connectivity index (χ2n) is 8.90. The van der Waals surface area contributed by atoms with Crippen LogP contribution in [0.1, 0.15) is 10.4 Å². The van der Waals surface area contributed by atoms with Crippen molar-refractivity contribution in [3.05, 3.63) is 56.7 Å². The van der Waals surface area contributed by atoms with Crippen LogP contribution < -0.4 is 35.1 Å². The van der Waals surface area contributed by atoms with Gasteiger partial charge in [-0.2, -0.15) is 0 Å². The van der Waals surface area contributed by atoms with E-state index in [1.54, 1.807) is 6.07 Å². The number of H-pyrrole nitrogens is 1. The van der Waals surface area contributed by atoms with Crippen molar-refractivity contribution >= 4 is 27.8 Å². The number of aromatic amines is 1. The number of ether oxygens (including phenoxy) is 8. The van der Waals surface area contributed by atoms with E-state index in [9.17, 15) is 14.4 Å². The van der Waals surface area contributed by atoms with E-state index < -0.39 is 16.8 Å². The average molecular weight is 611 g/mol. The zero-order valence-corrected chi connectivity index (χ0v) is 24.4. The van der Waals surface area contributed by atoms with Gasteiger partial charge >= 0.3 is 0 Å². The van der Waals surface area contributed by atoms with Gasteiger partial charge in [-0.3, -0.25) is 14.4 Å². The molecule has 1 amide bonds. The van der Waals surface area contributed by atoms with Crippen molar-refractivity contribution < 1.29 is 47.1 Å². The molecule has 0 unspecified atom stereocenters. The zero-order chi connectivity index (χ0) is 31.6. The third kappa shape index (κ3) is 6.61. The van der Waals surface area contributed by atoms with Crippen molar-refractivity contribution in [2.24, 2.45) is 0 Å². The van der Waals surface area contributed by atoms with Crippen LogP contribution in [0.25, 0.3) is 33.0 Å². The molecule has 0 saturated carbocycles. The van der Waals surface area contributed by atoms with E-state index >= 15 is 0 Å². The Morgan fingerprint density at radius 1 is 0.841 bits per heavy atom. The molecule has 14 nitrogen and oxygen atoms in total. The lowest BCUT2D eigenvalue weighted by Crippen LogP contribution is -2.26. The number of hydrogen-bond acceptors (Lipinski definition) is 12. The van der Waals surface area contributed by atoms with Crippen molar-refractivity contribution in [2.75, 3.05) is 62.2 Å². The summed E-state index contributed by atoms with van der Waals surface area (Å²) in [5, 5.41) is 2.53. The summed E-state index contributed by atoms with van der Waals surface area (Å²) < 4.78 is 48.2. The van der Waals surface area contributed by atoms with Crippen LogP contribution in [-0.2, 0) is 18.9 Å². The molecule has 0 radical (unpaired) electrons. The highest BCUT2D eigenvalue weighted by Gasteiger charge is 2.27. The fourth-order valence-corrected chi connectivity index (χ4v) is 4.26. The van der Waals surface area contributed by atoms with Gasteiger partial charge < -0.3 is 52.6 Å². The second-order valence-corrected chi connectivity index (χ2v) is 8.90. The van der Waals surface area contributed by atoms with Gasteiger partial charge in [-0.1, -0.05) is 5.92 Å². The van der Waals surface area contributed by atoms with Gasteiger partial charge in [0, 0.05) is 46.8 Å². The van der Waals surface area contributed by atoms with Gasteiger partial charge in [-0.25, -0.2) is 0 Å². The number of carbonyl (C=O) groups excluding carboxylic acids is 1. The minimum Gasteiger partial charge on any atom is -0.464 e. The Morgan fingerprint density at radius 2 is 1.45 bits per heavy atom. The summed E-state index contributed by atoms with van der Waals surface area (Å²) in [6.45, 7) is -0.825. The Bertz CT molecular complexity index is 1810. The second kappa shape index (κ2) is 14.9. The van der Waals surface area contributed by atoms with Crippen molar-refractivity contribution in [3.63, 3.8) is 0 Å². The standard InChI is InChI=1S/C30H30N2O12/c1-6-7-31-30(35)26-25-23(10-24(43-15-38-4)29(26)44-16-39-5)40-12-19(28(25)34)18-11-32-20-9-22(42-14-37-3)21(41-13-36-2)8-17(20)27(18)33/h1,8-12H,7,13-16H2,2-5H3,(H,31,35)(H,32,33). The number of benzene rings is 2. The number of rotatable bonds is 15. The molecule has 14 heteroatoms. The maximum atomic E-state index is 14.1. The molecule has 0 fully saturated rings. The molecule has 232 valence electrons. The average Bonchev–Trinajstić information content (AvgIpc) is 3.03. The molecule has 0 aliphatic heterocycles. The Kier molecular flexibility index (Phi) is 10.8. The smallest absolute Gasteiger partial charge is 0.256 e. The summed E-state index contributed by atoms with van der Waals surface area (Å²) in [6.07, 6.45) is 7.82. The van der Waals surface area contributed by atoms with Crippen molar-refractivity contribution in [1.29, 1.82) is 0 Å². The lowest BCUT2D eigenvalue weighted by Gasteiger charge is -2.17. The molecule has 4 rings (SSSR count). The topological polar surface area (TPSA) is 166 Å². The van der Waals surface area contributed by atoms with E-state index in [1.807, 2.05) is 0 Å². The van der Waals surface area contributed by atoms with Gasteiger partial charge in [0.15, 0.2) is 55.6 Å². The minimum absolute atomic E-state index is 0.0205. The molecule has 0 aliphatic rings. The molecular formula is C30H30N2O12. The van der Waals surface area contributed by atoms with E-state index in [0.29, 0.717) is 11.3 Å². The van der Waals surface area contributed by atoms with Gasteiger partial charge in [0.1, 0.15) is 17.4 Å². The Labute approximate surface area is 250 Å². The molecule has 0 spiro atoms. The summed E-state index contributed by atoms with van der Waals surface area (Å²) in [4.78, 5) is 44.3. The van der Waals surface area contributed by atoms with Gasteiger partial charge in [0.05, 0.1) is 34.0 Å². The lowest BCUT2D eigenvalue weighted by molar-refractivity contribution is 0.0317. The number of methoxy groups -OCH3 is 4. The highest BCUT2D eigenvalue weighted by atomic mass is 16.7. The maximum Gasteiger partial charge on any atom is 0.256 e. The summed E-state index contributed by atoms with van der Waals surface area (Å²) in [6, 6.07) is 4.38. The van der Waals surface area contributed by atoms with Crippen LogP contribution in [0.3, 0.4) is 0 Å². The number of aromatic nitrogens is 1. The molecule has 0 atom stereocenters. The van der Waals surface area contributed by atoms with Crippen molar-refractivity contribution in [3.8, 4) is 46.5 Å². The van der Waals surface area contributed by atoms with Crippen LogP contribution in [0.4, 0.5) is 0 Å². The van der Waals surface area contributed by atoms with Crippen LogP contribution in [0.5, 0.6) is 23.0 Å². The molecule has 0 aliphatic carbocycles. The maximum absolute atomic E-state index is 14.1. The number of fused-ring (bicyclic) bond motifs is 2. The molecular weight excluding hydrogens is 580 g/mol. The molecule has 2 aromatic heterocycles. The summed E-state index contributed by atoms with van der Waals surface area (Å²) >= 11 is 0. The molecule has 0 bridgehead atoms. The summed E-state index contributed by atoms with van der Waals surface area (Å²) in [5.74, 6) is 1.98. The van der Waals surface area contributed by atoms with E-state index in [-0.39, 0.29) is 84.0 Å². The first-order chi connectivity index (χ1) is 21.4. The van der Waals surface area contributed by atoms with Crippen molar-refractivity contribution in [1.82, 2.24) is 10.3 Å². The fraction of sp³-hybridized carbons (Fsp3) is 0.300. The molecule has 4 aromatic rings. The predicted molar refractivity (Wildman–Crippen MR) is 157 cm³/mol. The van der Waals surface area contributed by atoms with Gasteiger partial charge in [-0.05, 0) is 6.07 Å². The van der Waals surface area contributed by atoms with Crippen LogP contribution >= 0.6 is 0 Å². The summed E-state index contributed by atoms with van der Waals surface area (Å²) in [7, 11) is 5.70. The van der Waals surface area contributed by atoms with E-state index in [1.165, 1.54) is 46.8 Å². The predicted octanol–water partition coefficient (Wildman–Crippen LogP) is 2.60. The largest absolute Gasteiger partial charge is 0.464 e. The number of amides is 1. The van der Waals surface area contributed by atoms with Crippen molar-refractivity contribution in [2.45, 2.75) is 0 Å². The lowest BCUT2D eigenvalue weighted by atomic mass is 10.0. The van der Waals surface area contributed by atoms with Crippen LogP contribution in [0.2, 0.25) is 0 Å². The molecule has 44 heavy (non-hydrogen) atoms. The first-order valence-electron chi connectivity index (χ1n) is 12.9. The number of pyridine rings is 1. The quantitative estimate of drug-likeness (QED) is 0.149. The summed E-state index contributed by atoms with van der Waals surface area (Å²) in [5.41, 5.74) is -1.25. The number of hydrogen-bond donors (Lipinski definition) is 2. The highest BCUT2D eigenvalue weighted by molar-refractivity contribution is 6.10. The molecule has 2 heterocycles. The van der Waals surface area contributed by atoms with Crippen LogP contribution in [-0.4, -0.2) is 73.0 Å². The van der Waals surface area contributed by atoms with Gasteiger partial charge in [0.2, 0.25) is 5.43 Å². The van der Waals surface area contributed by atoms with Crippen LogP contribution in [0, 0.1) is 12.3 Å². The normalized spacial score (nSPS) is 10.9. The number of terminal acetylenes is 1. The van der Waals surface area contributed by atoms with Gasteiger partial charge in [0.25, 0.3) is 5.91 Å². The van der Waals surface area contributed by atoms with E-state index in [0.717, 1.165) is 6.26 Å². The zero-order valence-electron chi connectivity index (χ0n) is 24.4. The number of carbonyl (C=O) groups is 1.